The molecule has 17 heavy (non-hydrogen) atoms. The topological polar surface area (TPSA) is 120 Å². The second-order valence-corrected chi connectivity index (χ2v) is 4.09. The Balaban J connectivity index is 2.54. The molecule has 0 aromatic heterocycles. The van der Waals surface area contributed by atoms with Crippen LogP contribution < -0.4 is 0 Å². The van der Waals surface area contributed by atoms with E-state index in [0.29, 0.717) is 6.42 Å². The van der Waals surface area contributed by atoms with Crippen LogP contribution in [0.25, 0.3) is 0 Å². The average molecular weight is 252 g/mol. The van der Waals surface area contributed by atoms with Gasteiger partial charge in [-0.25, -0.2) is 0 Å². The first-order valence-corrected chi connectivity index (χ1v) is 5.61. The minimum absolute atomic E-state index is 0.0742. The maximum absolute atomic E-state index is 9.69. The second kappa shape index (κ2) is 6.60. The van der Waals surface area contributed by atoms with Crippen molar-refractivity contribution in [2.45, 2.75) is 50.2 Å². The smallest absolute Gasteiger partial charge is 0.184 e. The molecule has 0 saturated carbocycles. The van der Waals surface area contributed by atoms with E-state index in [9.17, 15) is 20.4 Å². The zero-order valence-corrected chi connectivity index (χ0v) is 9.64. The minimum atomic E-state index is -1.45. The first-order valence-electron chi connectivity index (χ1n) is 5.61. The summed E-state index contributed by atoms with van der Waals surface area (Å²) in [6, 6.07) is 0. The van der Waals surface area contributed by atoms with Crippen molar-refractivity contribution in [1.82, 2.24) is 0 Å². The summed E-state index contributed by atoms with van der Waals surface area (Å²) in [5, 5.41) is 46.9. The zero-order valence-electron chi connectivity index (χ0n) is 9.64. The molecule has 7 nitrogen and oxygen atoms in total. The van der Waals surface area contributed by atoms with Crippen LogP contribution in [0.15, 0.2) is 0 Å². The Labute approximate surface area is 99.2 Å². The number of hydrogen-bond donors (Lipinski definition) is 5. The molecule has 0 radical (unpaired) electrons. The molecule has 0 amide bonds. The van der Waals surface area contributed by atoms with Crippen LogP contribution in [0.3, 0.4) is 0 Å². The molecule has 1 aliphatic rings. The third-order valence-corrected chi connectivity index (χ3v) is 2.79. The van der Waals surface area contributed by atoms with Crippen molar-refractivity contribution in [1.29, 1.82) is 0 Å². The first kappa shape index (κ1) is 14.8. The largest absolute Gasteiger partial charge is 0.394 e. The molecule has 0 aromatic rings. The molecule has 5 N–H and O–H groups in total. The number of hydrogen-bond acceptors (Lipinski definition) is 7. The molecular weight excluding hydrogens is 232 g/mol. The van der Waals surface area contributed by atoms with Gasteiger partial charge in [0.1, 0.15) is 24.4 Å². The fraction of sp³-hybridized carbons (Fsp3) is 1.00. The van der Waals surface area contributed by atoms with Crippen LogP contribution in [0, 0.1) is 0 Å². The summed E-state index contributed by atoms with van der Waals surface area (Å²) in [5.74, 6) is 0. The van der Waals surface area contributed by atoms with E-state index < -0.39 is 43.4 Å². The Bertz CT molecular complexity index is 225. The Morgan fingerprint density at radius 2 is 1.88 bits per heavy atom. The monoisotopic (exact) mass is 252 g/mol. The highest BCUT2D eigenvalue weighted by molar-refractivity contribution is 4.89. The van der Waals surface area contributed by atoms with E-state index >= 15 is 0 Å². The Hall–Kier alpha value is -0.280. The molecule has 102 valence electrons. The maximum Gasteiger partial charge on any atom is 0.184 e. The molecule has 0 spiro atoms. The Kier molecular flexibility index (Phi) is 5.74. The molecule has 0 aromatic carbocycles. The van der Waals surface area contributed by atoms with E-state index in [1.807, 2.05) is 0 Å². The first-order chi connectivity index (χ1) is 8.01. The summed E-state index contributed by atoms with van der Waals surface area (Å²) in [4.78, 5) is 0. The van der Waals surface area contributed by atoms with Gasteiger partial charge in [0.15, 0.2) is 6.29 Å². The number of ether oxygens (including phenoxy) is 2. The normalized spacial score (nSPS) is 40.2. The molecule has 7 heteroatoms. The van der Waals surface area contributed by atoms with Gasteiger partial charge in [-0.2, -0.15) is 0 Å². The van der Waals surface area contributed by atoms with Crippen molar-refractivity contribution >= 4 is 0 Å². The predicted octanol–water partition coefficient (Wildman–Crippen LogP) is -2.43. The van der Waals surface area contributed by atoms with Gasteiger partial charge in [-0.1, -0.05) is 6.92 Å². The van der Waals surface area contributed by atoms with Crippen molar-refractivity contribution < 1.29 is 35.0 Å². The highest BCUT2D eigenvalue weighted by Gasteiger charge is 2.44. The lowest BCUT2D eigenvalue weighted by Crippen LogP contribution is -2.59. The van der Waals surface area contributed by atoms with Gasteiger partial charge in [-0.05, 0) is 6.42 Å². The highest BCUT2D eigenvalue weighted by Crippen LogP contribution is 2.22. The van der Waals surface area contributed by atoms with Crippen molar-refractivity contribution in [2.24, 2.45) is 0 Å². The van der Waals surface area contributed by atoms with Crippen LogP contribution >= 0.6 is 0 Å². The molecule has 1 aliphatic heterocycles. The predicted molar refractivity (Wildman–Crippen MR) is 56.0 cm³/mol. The summed E-state index contributed by atoms with van der Waals surface area (Å²) in [7, 11) is 0. The van der Waals surface area contributed by atoms with E-state index in [1.54, 1.807) is 6.92 Å². The lowest BCUT2D eigenvalue weighted by atomic mass is 9.99. The van der Waals surface area contributed by atoms with E-state index in [1.165, 1.54) is 0 Å². The standard InChI is InChI=1S/C10H20O7/c1-2-5(12)4-16-9-8(14)7(13)6(3-11)17-10(9)15/h5-15H,2-4H2,1H3. The van der Waals surface area contributed by atoms with E-state index in [0.717, 1.165) is 0 Å². The molecule has 1 saturated heterocycles. The van der Waals surface area contributed by atoms with Crippen molar-refractivity contribution in [3.8, 4) is 0 Å². The van der Waals surface area contributed by atoms with Crippen LogP contribution in [0.1, 0.15) is 13.3 Å². The van der Waals surface area contributed by atoms with Crippen LogP contribution in [-0.4, -0.2) is 75.6 Å². The zero-order chi connectivity index (χ0) is 13.0. The van der Waals surface area contributed by atoms with Gasteiger partial charge in [0.2, 0.25) is 0 Å². The number of rotatable bonds is 5. The van der Waals surface area contributed by atoms with Crippen molar-refractivity contribution in [3.63, 3.8) is 0 Å². The molecule has 1 fully saturated rings. The molecule has 0 aliphatic carbocycles. The SMILES string of the molecule is CCC(O)COC1C(O)OC(CO)C(O)C1O. The summed E-state index contributed by atoms with van der Waals surface area (Å²) >= 11 is 0. The summed E-state index contributed by atoms with van der Waals surface area (Å²) in [6.45, 7) is 1.17. The summed E-state index contributed by atoms with van der Waals surface area (Å²) in [5.41, 5.74) is 0. The van der Waals surface area contributed by atoms with Gasteiger partial charge in [-0.3, -0.25) is 0 Å². The molecular formula is C10H20O7. The van der Waals surface area contributed by atoms with Crippen LogP contribution in [0.4, 0.5) is 0 Å². The number of aliphatic hydroxyl groups is 5. The van der Waals surface area contributed by atoms with Crippen LogP contribution in [-0.2, 0) is 9.47 Å². The molecule has 0 bridgehead atoms. The molecule has 1 rings (SSSR count). The lowest BCUT2D eigenvalue weighted by Gasteiger charge is -2.39. The van der Waals surface area contributed by atoms with Crippen LogP contribution in [0.5, 0.6) is 0 Å². The Morgan fingerprint density at radius 3 is 2.41 bits per heavy atom. The fourth-order valence-corrected chi connectivity index (χ4v) is 1.59. The highest BCUT2D eigenvalue weighted by atomic mass is 16.7. The maximum atomic E-state index is 9.69. The fourth-order valence-electron chi connectivity index (χ4n) is 1.59. The molecule has 1 heterocycles. The van der Waals surface area contributed by atoms with Gasteiger partial charge < -0.3 is 35.0 Å². The summed E-state index contributed by atoms with van der Waals surface area (Å²) < 4.78 is 9.99. The Morgan fingerprint density at radius 1 is 1.24 bits per heavy atom. The van der Waals surface area contributed by atoms with Gasteiger partial charge in [0, 0.05) is 0 Å². The van der Waals surface area contributed by atoms with Gasteiger partial charge in [0.05, 0.1) is 19.3 Å². The third-order valence-electron chi connectivity index (χ3n) is 2.79. The van der Waals surface area contributed by atoms with Crippen molar-refractivity contribution in [3.05, 3.63) is 0 Å². The quantitative estimate of drug-likeness (QED) is 0.369. The average Bonchev–Trinajstić information content (AvgIpc) is 2.33. The van der Waals surface area contributed by atoms with Gasteiger partial charge in [-0.15, -0.1) is 0 Å². The van der Waals surface area contributed by atoms with E-state index in [4.69, 9.17) is 14.6 Å². The van der Waals surface area contributed by atoms with E-state index in [-0.39, 0.29) is 6.61 Å². The number of aliphatic hydroxyl groups excluding tert-OH is 5. The van der Waals surface area contributed by atoms with E-state index in [2.05, 4.69) is 0 Å². The molecule has 6 atom stereocenters. The van der Waals surface area contributed by atoms with Gasteiger partial charge in [0.25, 0.3) is 0 Å². The molecule has 6 unspecified atom stereocenters. The third kappa shape index (κ3) is 3.59. The minimum Gasteiger partial charge on any atom is -0.394 e. The van der Waals surface area contributed by atoms with Gasteiger partial charge >= 0.3 is 0 Å². The van der Waals surface area contributed by atoms with Crippen LogP contribution in [0.2, 0.25) is 0 Å². The van der Waals surface area contributed by atoms with Crippen molar-refractivity contribution in [2.75, 3.05) is 13.2 Å². The lowest BCUT2D eigenvalue weighted by molar-refractivity contribution is -0.298. The summed E-state index contributed by atoms with van der Waals surface area (Å²) in [6.07, 6.45) is -6.59. The second-order valence-electron chi connectivity index (χ2n) is 4.09.